The van der Waals surface area contributed by atoms with Gasteiger partial charge >= 0.3 is 5.97 Å². The highest BCUT2D eigenvalue weighted by Crippen LogP contribution is 2.26. The molecule has 5 heteroatoms. The molecule has 0 saturated carbocycles. The van der Waals surface area contributed by atoms with E-state index in [-0.39, 0.29) is 11.7 Å². The fraction of sp³-hybridized carbons (Fsp3) is 0.333. The van der Waals surface area contributed by atoms with E-state index in [1.807, 2.05) is 0 Å². The second kappa shape index (κ2) is 6.17. The monoisotopic (exact) mass is 318 g/mol. The van der Waals surface area contributed by atoms with Gasteiger partial charge in [0.15, 0.2) is 0 Å². The van der Waals surface area contributed by atoms with Crippen LogP contribution >= 0.6 is 27.5 Å². The number of hydrogen-bond acceptors (Lipinski definition) is 3. The molecule has 0 saturated heterocycles. The summed E-state index contributed by atoms with van der Waals surface area (Å²) in [6, 6.07) is 5.13. The minimum atomic E-state index is -0.453. The van der Waals surface area contributed by atoms with Gasteiger partial charge in [0.25, 0.3) is 0 Å². The van der Waals surface area contributed by atoms with E-state index in [0.717, 1.165) is 0 Å². The number of ether oxygens (including phenoxy) is 1. The number of ketones is 1. The fourth-order valence-corrected chi connectivity index (χ4v) is 1.92. The summed E-state index contributed by atoms with van der Waals surface area (Å²) in [4.78, 5) is 22.4. The number of halogens is 2. The van der Waals surface area contributed by atoms with Crippen molar-refractivity contribution in [2.75, 3.05) is 7.11 Å². The van der Waals surface area contributed by atoms with Crippen LogP contribution in [-0.4, -0.2) is 18.9 Å². The summed E-state index contributed by atoms with van der Waals surface area (Å²) in [7, 11) is 1.31. The molecule has 0 bridgehead atoms. The van der Waals surface area contributed by atoms with Gasteiger partial charge < -0.3 is 4.74 Å². The standard InChI is InChI=1S/C12H12BrClO3/c1-7(15)11(13)8-3-4-9(6-14)10(5-8)12(16)17-2/h3-5,11H,6H2,1-2H3. The summed E-state index contributed by atoms with van der Waals surface area (Å²) >= 11 is 9.01. The molecule has 1 aromatic rings. The molecule has 0 aromatic heterocycles. The largest absolute Gasteiger partial charge is 0.465 e. The first kappa shape index (κ1) is 14.2. The number of esters is 1. The minimum Gasteiger partial charge on any atom is -0.465 e. The number of hydrogen-bond donors (Lipinski definition) is 0. The third-order valence-electron chi connectivity index (χ3n) is 2.33. The molecule has 0 N–H and O–H groups in total. The van der Waals surface area contributed by atoms with E-state index < -0.39 is 10.8 Å². The molecule has 0 radical (unpaired) electrons. The zero-order valence-corrected chi connectivity index (χ0v) is 11.8. The lowest BCUT2D eigenvalue weighted by Crippen LogP contribution is -2.08. The van der Waals surface area contributed by atoms with Crippen molar-refractivity contribution in [3.63, 3.8) is 0 Å². The van der Waals surface area contributed by atoms with Crippen LogP contribution in [-0.2, 0) is 15.4 Å². The number of benzene rings is 1. The summed E-state index contributed by atoms with van der Waals surface area (Å²) in [6.45, 7) is 1.48. The Morgan fingerprint density at radius 1 is 1.47 bits per heavy atom. The normalized spacial score (nSPS) is 12.0. The fourth-order valence-electron chi connectivity index (χ4n) is 1.40. The maximum Gasteiger partial charge on any atom is 0.338 e. The van der Waals surface area contributed by atoms with E-state index >= 15 is 0 Å². The van der Waals surface area contributed by atoms with Crippen LogP contribution in [0, 0.1) is 0 Å². The van der Waals surface area contributed by atoms with E-state index in [1.54, 1.807) is 18.2 Å². The van der Waals surface area contributed by atoms with Crippen LogP contribution in [0.15, 0.2) is 18.2 Å². The molecule has 0 spiro atoms. The van der Waals surface area contributed by atoms with Crippen molar-refractivity contribution >= 4 is 39.3 Å². The van der Waals surface area contributed by atoms with Crippen molar-refractivity contribution < 1.29 is 14.3 Å². The first-order valence-corrected chi connectivity index (χ1v) is 6.38. The Kier molecular flexibility index (Phi) is 5.15. The van der Waals surface area contributed by atoms with Crippen LogP contribution < -0.4 is 0 Å². The van der Waals surface area contributed by atoms with Crippen molar-refractivity contribution in [1.82, 2.24) is 0 Å². The number of alkyl halides is 2. The molecule has 0 amide bonds. The molecule has 1 atom stereocenters. The third-order valence-corrected chi connectivity index (χ3v) is 3.79. The number of methoxy groups -OCH3 is 1. The third kappa shape index (κ3) is 3.30. The maximum absolute atomic E-state index is 11.6. The van der Waals surface area contributed by atoms with Crippen LogP contribution in [0.5, 0.6) is 0 Å². The SMILES string of the molecule is COC(=O)c1cc(C(Br)C(C)=O)ccc1CCl. The van der Waals surface area contributed by atoms with Gasteiger partial charge in [-0.3, -0.25) is 4.79 Å². The molecular formula is C12H12BrClO3. The summed E-state index contributed by atoms with van der Waals surface area (Å²) in [5.41, 5.74) is 1.79. The van der Waals surface area contributed by atoms with Crippen LogP contribution in [0.4, 0.5) is 0 Å². The Morgan fingerprint density at radius 2 is 2.12 bits per heavy atom. The van der Waals surface area contributed by atoms with E-state index in [4.69, 9.17) is 11.6 Å². The summed E-state index contributed by atoms with van der Waals surface area (Å²) in [6.07, 6.45) is 0. The van der Waals surface area contributed by atoms with Crippen molar-refractivity contribution in [2.24, 2.45) is 0 Å². The van der Waals surface area contributed by atoms with Crippen molar-refractivity contribution in [2.45, 2.75) is 17.6 Å². The Hall–Kier alpha value is -0.870. The molecular weight excluding hydrogens is 307 g/mol. The van der Waals surface area contributed by atoms with Gasteiger partial charge in [0, 0.05) is 5.88 Å². The van der Waals surface area contributed by atoms with Crippen molar-refractivity contribution in [1.29, 1.82) is 0 Å². The number of rotatable bonds is 4. The zero-order valence-electron chi connectivity index (χ0n) is 9.50. The van der Waals surface area contributed by atoms with E-state index in [9.17, 15) is 9.59 Å². The van der Waals surface area contributed by atoms with Gasteiger partial charge in [-0.25, -0.2) is 4.79 Å². The Balaban J connectivity index is 3.22. The van der Waals surface area contributed by atoms with Crippen LogP contribution in [0.3, 0.4) is 0 Å². The second-order valence-electron chi connectivity index (χ2n) is 3.52. The number of carbonyl (C=O) groups excluding carboxylic acids is 2. The topological polar surface area (TPSA) is 43.4 Å². The van der Waals surface area contributed by atoms with Gasteiger partial charge in [0.2, 0.25) is 0 Å². The zero-order chi connectivity index (χ0) is 13.0. The average Bonchev–Trinajstić information content (AvgIpc) is 2.35. The molecule has 1 rings (SSSR count). The lowest BCUT2D eigenvalue weighted by Gasteiger charge is -2.11. The summed E-state index contributed by atoms with van der Waals surface area (Å²) in [5, 5.41) is 0. The highest BCUT2D eigenvalue weighted by Gasteiger charge is 2.17. The molecule has 92 valence electrons. The van der Waals surface area contributed by atoms with E-state index in [2.05, 4.69) is 20.7 Å². The Morgan fingerprint density at radius 3 is 2.59 bits per heavy atom. The lowest BCUT2D eigenvalue weighted by atomic mass is 10.0. The van der Waals surface area contributed by atoms with Crippen LogP contribution in [0.2, 0.25) is 0 Å². The van der Waals surface area contributed by atoms with Gasteiger partial charge in [-0.05, 0) is 24.1 Å². The predicted molar refractivity (Wildman–Crippen MR) is 69.7 cm³/mol. The van der Waals surface area contributed by atoms with Gasteiger partial charge in [-0.1, -0.05) is 28.1 Å². The number of Topliss-reactive ketones (excluding diaryl/α,β-unsaturated/α-hetero) is 1. The van der Waals surface area contributed by atoms with Crippen molar-refractivity contribution in [3.8, 4) is 0 Å². The van der Waals surface area contributed by atoms with Gasteiger partial charge in [0.1, 0.15) is 5.78 Å². The molecule has 0 aliphatic heterocycles. The quantitative estimate of drug-likeness (QED) is 0.632. The van der Waals surface area contributed by atoms with Crippen molar-refractivity contribution in [3.05, 3.63) is 34.9 Å². The molecule has 0 heterocycles. The molecule has 0 aliphatic rings. The van der Waals surface area contributed by atoms with Gasteiger partial charge in [-0.15, -0.1) is 11.6 Å². The van der Waals surface area contributed by atoms with Gasteiger partial charge in [0.05, 0.1) is 17.5 Å². The smallest absolute Gasteiger partial charge is 0.338 e. The molecule has 1 unspecified atom stereocenters. The first-order chi connectivity index (χ1) is 8.01. The molecule has 3 nitrogen and oxygen atoms in total. The van der Waals surface area contributed by atoms with Gasteiger partial charge in [-0.2, -0.15) is 0 Å². The number of carbonyl (C=O) groups is 2. The lowest BCUT2D eigenvalue weighted by molar-refractivity contribution is -0.116. The second-order valence-corrected chi connectivity index (χ2v) is 4.70. The summed E-state index contributed by atoms with van der Waals surface area (Å²) < 4.78 is 4.68. The molecule has 0 fully saturated rings. The minimum absolute atomic E-state index is 0.0283. The predicted octanol–water partition coefficient (Wildman–Crippen LogP) is 3.24. The van der Waals surface area contributed by atoms with E-state index in [1.165, 1.54) is 14.0 Å². The maximum atomic E-state index is 11.6. The molecule has 17 heavy (non-hydrogen) atoms. The average molecular weight is 320 g/mol. The van der Waals surface area contributed by atoms with Crippen LogP contribution in [0.25, 0.3) is 0 Å². The summed E-state index contributed by atoms with van der Waals surface area (Å²) in [5.74, 6) is -0.261. The first-order valence-electron chi connectivity index (χ1n) is 4.93. The highest BCUT2D eigenvalue weighted by atomic mass is 79.9. The Bertz CT molecular complexity index is 445. The molecule has 0 aliphatic carbocycles. The molecule has 1 aromatic carbocycles. The van der Waals surface area contributed by atoms with Crippen LogP contribution in [0.1, 0.15) is 33.2 Å². The highest BCUT2D eigenvalue weighted by molar-refractivity contribution is 9.09. The van der Waals surface area contributed by atoms with E-state index in [0.29, 0.717) is 16.7 Å². The Labute approximate surface area is 113 Å².